The Bertz CT molecular complexity index is 554. The van der Waals surface area contributed by atoms with Gasteiger partial charge in [0.25, 0.3) is 0 Å². The molecule has 3 heterocycles. The molecule has 0 aliphatic carbocycles. The van der Waals surface area contributed by atoms with Gasteiger partial charge in [-0.3, -0.25) is 4.90 Å². The van der Waals surface area contributed by atoms with Gasteiger partial charge in [0.15, 0.2) is 0 Å². The van der Waals surface area contributed by atoms with E-state index < -0.39 is 0 Å². The van der Waals surface area contributed by atoms with Crippen molar-refractivity contribution in [3.8, 4) is 0 Å². The third-order valence-electron chi connectivity index (χ3n) is 4.51. The number of fused-ring (bicyclic) bond motifs is 1. The van der Waals surface area contributed by atoms with Crippen molar-refractivity contribution in [1.82, 2.24) is 20.2 Å². The van der Waals surface area contributed by atoms with Gasteiger partial charge in [-0.05, 0) is 18.6 Å². The van der Waals surface area contributed by atoms with Crippen LogP contribution in [0.2, 0.25) is 0 Å². The predicted molar refractivity (Wildman–Crippen MR) is 81.2 cm³/mol. The highest BCUT2D eigenvalue weighted by molar-refractivity contribution is 5.77. The molecule has 2 saturated heterocycles. The van der Waals surface area contributed by atoms with E-state index in [1.54, 1.807) is 0 Å². The van der Waals surface area contributed by atoms with Crippen LogP contribution >= 0.6 is 0 Å². The number of aromatic nitrogens is 2. The van der Waals surface area contributed by atoms with Crippen molar-refractivity contribution < 1.29 is 0 Å². The molecule has 1 aromatic carbocycles. The van der Waals surface area contributed by atoms with Crippen LogP contribution in [0.15, 0.2) is 24.3 Å². The fraction of sp³-hybridized carbons (Fsp3) is 0.533. The van der Waals surface area contributed by atoms with Gasteiger partial charge in [0.1, 0.15) is 0 Å². The molecule has 2 N–H and O–H groups in total. The maximum absolute atomic E-state index is 4.71. The zero-order valence-electron chi connectivity index (χ0n) is 11.7. The fourth-order valence-corrected chi connectivity index (χ4v) is 3.37. The van der Waals surface area contributed by atoms with E-state index in [1.165, 1.54) is 19.5 Å². The van der Waals surface area contributed by atoms with Gasteiger partial charge in [0.2, 0.25) is 5.95 Å². The summed E-state index contributed by atoms with van der Waals surface area (Å²) < 4.78 is 0. The van der Waals surface area contributed by atoms with E-state index in [1.807, 2.05) is 6.07 Å². The number of piperazine rings is 1. The molecule has 0 spiro atoms. The molecule has 0 bridgehead atoms. The number of nitrogens with one attached hydrogen (secondary N) is 2. The summed E-state index contributed by atoms with van der Waals surface area (Å²) in [4.78, 5) is 13.2. The molecule has 2 aromatic rings. The lowest BCUT2D eigenvalue weighted by atomic mass is 10.2. The largest absolute Gasteiger partial charge is 0.341 e. The average molecular weight is 271 g/mol. The van der Waals surface area contributed by atoms with E-state index in [-0.39, 0.29) is 0 Å². The van der Waals surface area contributed by atoms with Crippen molar-refractivity contribution >= 4 is 17.0 Å². The van der Waals surface area contributed by atoms with Crippen LogP contribution in [-0.2, 0) is 0 Å². The lowest BCUT2D eigenvalue weighted by Gasteiger charge is -2.32. The molecule has 1 aromatic heterocycles. The Morgan fingerprint density at radius 3 is 2.80 bits per heavy atom. The number of H-pyrrole nitrogens is 1. The molecule has 0 radical (unpaired) electrons. The van der Waals surface area contributed by atoms with E-state index in [4.69, 9.17) is 4.98 Å². The number of nitrogens with zero attached hydrogens (tertiary/aromatic N) is 3. The molecule has 2 aliphatic heterocycles. The lowest BCUT2D eigenvalue weighted by molar-refractivity contribution is 0.185. The Morgan fingerprint density at radius 1 is 1.10 bits per heavy atom. The molecule has 2 aliphatic rings. The fourth-order valence-electron chi connectivity index (χ4n) is 3.37. The van der Waals surface area contributed by atoms with Crippen molar-refractivity contribution in [2.24, 2.45) is 0 Å². The minimum Gasteiger partial charge on any atom is -0.341 e. The van der Waals surface area contributed by atoms with Gasteiger partial charge in [0.05, 0.1) is 11.0 Å². The lowest BCUT2D eigenvalue weighted by Crippen LogP contribution is -2.49. The number of anilines is 1. The molecule has 1 atom stereocenters. The molecule has 2 fully saturated rings. The predicted octanol–water partition coefficient (Wildman–Crippen LogP) is 1.05. The number of rotatable bonds is 2. The molecule has 4 rings (SSSR count). The standard InChI is InChI=1S/C15H21N5/c1-2-4-14-13(3-1)17-15(18-14)20-8-5-12(11-20)19-9-6-16-7-10-19/h1-4,12,16H,5-11H2,(H,17,18). The average Bonchev–Trinajstić information content (AvgIpc) is 3.14. The molecule has 0 saturated carbocycles. The summed E-state index contributed by atoms with van der Waals surface area (Å²) in [5.74, 6) is 1.03. The van der Waals surface area contributed by atoms with Crippen LogP contribution in [0.4, 0.5) is 5.95 Å². The molecule has 5 nitrogen and oxygen atoms in total. The Morgan fingerprint density at radius 2 is 1.95 bits per heavy atom. The van der Waals surface area contributed by atoms with Crippen molar-refractivity contribution in [2.45, 2.75) is 12.5 Å². The zero-order valence-corrected chi connectivity index (χ0v) is 11.7. The van der Waals surface area contributed by atoms with Crippen LogP contribution < -0.4 is 10.2 Å². The Balaban J connectivity index is 1.49. The number of para-hydroxylation sites is 2. The minimum absolute atomic E-state index is 0.685. The SMILES string of the molecule is c1ccc2[nH]c(N3CCC(N4CCNCC4)C3)nc2c1. The second kappa shape index (κ2) is 5.07. The van der Waals surface area contributed by atoms with Gasteiger partial charge in [0, 0.05) is 45.3 Å². The van der Waals surface area contributed by atoms with Crippen LogP contribution in [0.3, 0.4) is 0 Å². The molecule has 0 amide bonds. The van der Waals surface area contributed by atoms with Crippen molar-refractivity contribution in [2.75, 3.05) is 44.2 Å². The first kappa shape index (κ1) is 12.2. The molecular formula is C15H21N5. The molecule has 106 valence electrons. The second-order valence-corrected chi connectivity index (χ2v) is 5.75. The van der Waals surface area contributed by atoms with E-state index in [9.17, 15) is 0 Å². The first-order valence-electron chi connectivity index (χ1n) is 7.54. The first-order chi connectivity index (χ1) is 9.90. The van der Waals surface area contributed by atoms with Gasteiger partial charge in [-0.15, -0.1) is 0 Å². The summed E-state index contributed by atoms with van der Waals surface area (Å²) in [7, 11) is 0. The van der Waals surface area contributed by atoms with E-state index >= 15 is 0 Å². The highest BCUT2D eigenvalue weighted by Gasteiger charge is 2.29. The molecular weight excluding hydrogens is 250 g/mol. The second-order valence-electron chi connectivity index (χ2n) is 5.75. The van der Waals surface area contributed by atoms with E-state index in [2.05, 4.69) is 38.3 Å². The topological polar surface area (TPSA) is 47.2 Å². The monoisotopic (exact) mass is 271 g/mol. The van der Waals surface area contributed by atoms with Gasteiger partial charge < -0.3 is 15.2 Å². The maximum Gasteiger partial charge on any atom is 0.203 e. The molecule has 1 unspecified atom stereocenters. The summed E-state index contributed by atoms with van der Waals surface area (Å²) in [5, 5.41) is 3.43. The molecule has 20 heavy (non-hydrogen) atoms. The Kier molecular flexibility index (Phi) is 3.09. The highest BCUT2D eigenvalue weighted by atomic mass is 15.3. The van der Waals surface area contributed by atoms with Crippen LogP contribution in [0.1, 0.15) is 6.42 Å². The van der Waals surface area contributed by atoms with E-state index in [0.717, 1.165) is 43.2 Å². The normalized spacial score (nSPS) is 24.6. The smallest absolute Gasteiger partial charge is 0.203 e. The summed E-state index contributed by atoms with van der Waals surface area (Å²) >= 11 is 0. The third-order valence-corrected chi connectivity index (χ3v) is 4.51. The number of aromatic amines is 1. The van der Waals surface area contributed by atoms with E-state index in [0.29, 0.717) is 6.04 Å². The van der Waals surface area contributed by atoms with Crippen molar-refractivity contribution in [3.05, 3.63) is 24.3 Å². The minimum atomic E-state index is 0.685. The number of benzene rings is 1. The van der Waals surface area contributed by atoms with Crippen LogP contribution in [0.25, 0.3) is 11.0 Å². The number of hydrogen-bond acceptors (Lipinski definition) is 4. The van der Waals surface area contributed by atoms with Crippen LogP contribution in [-0.4, -0.2) is 60.2 Å². The first-order valence-corrected chi connectivity index (χ1v) is 7.54. The van der Waals surface area contributed by atoms with Gasteiger partial charge in [-0.25, -0.2) is 4.98 Å². The number of hydrogen-bond donors (Lipinski definition) is 2. The van der Waals surface area contributed by atoms with Gasteiger partial charge in [-0.1, -0.05) is 12.1 Å². The van der Waals surface area contributed by atoms with Gasteiger partial charge >= 0.3 is 0 Å². The van der Waals surface area contributed by atoms with Crippen molar-refractivity contribution in [3.63, 3.8) is 0 Å². The summed E-state index contributed by atoms with van der Waals surface area (Å²) in [6, 6.07) is 8.94. The van der Waals surface area contributed by atoms with Crippen molar-refractivity contribution in [1.29, 1.82) is 0 Å². The molecule has 5 heteroatoms. The zero-order chi connectivity index (χ0) is 13.4. The Labute approximate surface area is 119 Å². The summed E-state index contributed by atoms with van der Waals surface area (Å²) in [6.07, 6.45) is 1.25. The summed E-state index contributed by atoms with van der Waals surface area (Å²) in [5.41, 5.74) is 2.20. The summed E-state index contributed by atoms with van der Waals surface area (Å²) in [6.45, 7) is 6.81. The number of imidazole rings is 1. The van der Waals surface area contributed by atoms with Crippen LogP contribution in [0.5, 0.6) is 0 Å². The van der Waals surface area contributed by atoms with Crippen LogP contribution in [0, 0.1) is 0 Å². The highest BCUT2D eigenvalue weighted by Crippen LogP contribution is 2.23. The quantitative estimate of drug-likeness (QED) is 0.857. The Hall–Kier alpha value is -1.59. The maximum atomic E-state index is 4.71. The van der Waals surface area contributed by atoms with Gasteiger partial charge in [-0.2, -0.15) is 0 Å². The third kappa shape index (κ3) is 2.17.